The molecule has 4 amide bonds. The molecule has 4 atom stereocenters. The van der Waals surface area contributed by atoms with E-state index in [0.717, 1.165) is 24.1 Å². The van der Waals surface area contributed by atoms with Gasteiger partial charge in [-0.05, 0) is 62.6 Å². The fourth-order valence-electron chi connectivity index (χ4n) is 4.75. The van der Waals surface area contributed by atoms with Crippen LogP contribution in [-0.2, 0) is 19.2 Å². The van der Waals surface area contributed by atoms with Gasteiger partial charge in [-0.3, -0.25) is 24.1 Å². The molecule has 1 saturated heterocycles. The van der Waals surface area contributed by atoms with Crippen LogP contribution in [0.1, 0.15) is 64.5 Å². The Morgan fingerprint density at radius 2 is 1.55 bits per heavy atom. The molecular weight excluding hydrogens is 418 g/mol. The maximum atomic E-state index is 13.3. The number of rotatable bonds is 8. The second kappa shape index (κ2) is 9.49. The molecule has 7 nitrogen and oxygen atoms in total. The van der Waals surface area contributed by atoms with Gasteiger partial charge in [0, 0.05) is 11.6 Å². The molecule has 4 rings (SSSR count). The van der Waals surface area contributed by atoms with Crippen LogP contribution in [0, 0.1) is 23.7 Å². The first kappa shape index (κ1) is 23.2. The highest BCUT2D eigenvalue weighted by Gasteiger charge is 2.51. The van der Waals surface area contributed by atoms with Crippen molar-refractivity contribution in [2.24, 2.45) is 23.7 Å². The molecule has 1 aromatic rings. The van der Waals surface area contributed by atoms with E-state index in [9.17, 15) is 19.2 Å². The molecule has 33 heavy (non-hydrogen) atoms. The molecular formula is C26H33N3O4. The van der Waals surface area contributed by atoms with Gasteiger partial charge in [-0.15, -0.1) is 0 Å². The van der Waals surface area contributed by atoms with Crippen molar-refractivity contribution >= 4 is 29.3 Å². The highest BCUT2D eigenvalue weighted by Crippen LogP contribution is 2.37. The Kier molecular flexibility index (Phi) is 6.68. The van der Waals surface area contributed by atoms with Gasteiger partial charge < -0.3 is 10.6 Å². The Morgan fingerprint density at radius 1 is 0.970 bits per heavy atom. The molecule has 4 unspecified atom stereocenters. The topological polar surface area (TPSA) is 95.6 Å². The lowest BCUT2D eigenvalue weighted by Crippen LogP contribution is -2.51. The highest BCUT2D eigenvalue weighted by molar-refractivity contribution is 6.08. The molecule has 1 aliphatic heterocycles. The van der Waals surface area contributed by atoms with Gasteiger partial charge in [-0.25, -0.2) is 0 Å². The van der Waals surface area contributed by atoms with E-state index in [-0.39, 0.29) is 53.3 Å². The number of hydrogen-bond donors (Lipinski definition) is 2. The number of amides is 4. The van der Waals surface area contributed by atoms with Gasteiger partial charge >= 0.3 is 0 Å². The van der Waals surface area contributed by atoms with Gasteiger partial charge in [0.25, 0.3) is 0 Å². The average molecular weight is 452 g/mol. The van der Waals surface area contributed by atoms with Gasteiger partial charge in [0.15, 0.2) is 0 Å². The molecule has 0 radical (unpaired) electrons. The van der Waals surface area contributed by atoms with Crippen molar-refractivity contribution in [2.75, 3.05) is 5.32 Å². The summed E-state index contributed by atoms with van der Waals surface area (Å²) in [6.45, 7) is 5.84. The third-order valence-electron chi connectivity index (χ3n) is 6.84. The van der Waals surface area contributed by atoms with Crippen LogP contribution >= 0.6 is 0 Å². The lowest BCUT2D eigenvalue weighted by atomic mass is 9.85. The smallest absolute Gasteiger partial charge is 0.243 e. The zero-order valence-electron chi connectivity index (χ0n) is 19.5. The highest BCUT2D eigenvalue weighted by atomic mass is 16.2. The van der Waals surface area contributed by atoms with E-state index in [0.29, 0.717) is 19.3 Å². The number of nitrogens with one attached hydrogen (secondary N) is 2. The molecule has 2 aliphatic carbocycles. The van der Waals surface area contributed by atoms with Crippen molar-refractivity contribution < 1.29 is 19.2 Å². The lowest BCUT2D eigenvalue weighted by molar-refractivity contribution is -0.148. The van der Waals surface area contributed by atoms with Gasteiger partial charge in [0.2, 0.25) is 23.6 Å². The Bertz CT molecular complexity index is 938. The lowest BCUT2D eigenvalue weighted by Gasteiger charge is -2.28. The van der Waals surface area contributed by atoms with Crippen molar-refractivity contribution in [3.8, 4) is 0 Å². The fraction of sp³-hybridized carbons (Fsp3) is 0.538. The summed E-state index contributed by atoms with van der Waals surface area (Å²) < 4.78 is 0. The van der Waals surface area contributed by atoms with Crippen LogP contribution in [0.2, 0.25) is 0 Å². The van der Waals surface area contributed by atoms with Crippen molar-refractivity contribution in [1.82, 2.24) is 10.2 Å². The zero-order chi connectivity index (χ0) is 23.7. The van der Waals surface area contributed by atoms with E-state index in [1.165, 1.54) is 4.90 Å². The standard InChI is InChI=1S/C26H33N3O4/c1-15(2)14-22(29-25(32)20-6-4-5-7-21(20)26(29)33)24(31)27-16(3)17-10-12-19(13-11-17)28-23(30)18-8-9-18/h4-5,10-13,15-16,18,20-22H,6-9,14H2,1-3H3,(H,27,31)(H,28,30). The zero-order valence-corrected chi connectivity index (χ0v) is 19.5. The Morgan fingerprint density at radius 3 is 2.06 bits per heavy atom. The second-order valence-corrected chi connectivity index (χ2v) is 9.96. The minimum absolute atomic E-state index is 0.0522. The number of allylic oxidation sites excluding steroid dienone is 2. The Labute approximate surface area is 195 Å². The van der Waals surface area contributed by atoms with Gasteiger partial charge in [0.1, 0.15) is 6.04 Å². The second-order valence-electron chi connectivity index (χ2n) is 9.96. The van der Waals surface area contributed by atoms with Crippen molar-refractivity contribution in [1.29, 1.82) is 0 Å². The van der Waals surface area contributed by atoms with E-state index in [1.807, 2.05) is 57.2 Å². The molecule has 2 N–H and O–H groups in total. The van der Waals surface area contributed by atoms with E-state index >= 15 is 0 Å². The molecule has 0 spiro atoms. The molecule has 1 aromatic carbocycles. The number of fused-ring (bicyclic) bond motifs is 1. The third-order valence-corrected chi connectivity index (χ3v) is 6.84. The summed E-state index contributed by atoms with van der Waals surface area (Å²) in [5, 5.41) is 5.91. The number of benzene rings is 1. The summed E-state index contributed by atoms with van der Waals surface area (Å²) in [6.07, 6.45) is 7.34. The first-order chi connectivity index (χ1) is 15.8. The predicted molar refractivity (Wildman–Crippen MR) is 125 cm³/mol. The first-order valence-electron chi connectivity index (χ1n) is 12.0. The Hall–Kier alpha value is -2.96. The maximum Gasteiger partial charge on any atom is 0.243 e. The summed E-state index contributed by atoms with van der Waals surface area (Å²) in [5.74, 6) is -1.12. The number of imide groups is 1. The third kappa shape index (κ3) is 5.02. The number of carbonyl (C=O) groups excluding carboxylic acids is 4. The molecule has 1 heterocycles. The SMILES string of the molecule is CC(C)CC(C(=O)NC(C)c1ccc(NC(=O)C2CC2)cc1)N1C(=O)C2CC=CCC2C1=O. The van der Waals surface area contributed by atoms with E-state index in [2.05, 4.69) is 10.6 Å². The number of anilines is 1. The molecule has 0 bridgehead atoms. The predicted octanol–water partition coefficient (Wildman–Crippen LogP) is 3.58. The van der Waals surface area contributed by atoms with E-state index in [1.54, 1.807) is 0 Å². The summed E-state index contributed by atoms with van der Waals surface area (Å²) in [6, 6.07) is 6.28. The largest absolute Gasteiger partial charge is 0.348 e. The van der Waals surface area contributed by atoms with Crippen LogP contribution in [0.5, 0.6) is 0 Å². The summed E-state index contributed by atoms with van der Waals surface area (Å²) >= 11 is 0. The number of likely N-dealkylation sites (tertiary alicyclic amines) is 1. The van der Waals surface area contributed by atoms with E-state index in [4.69, 9.17) is 0 Å². The summed E-state index contributed by atoms with van der Waals surface area (Å²) in [4.78, 5) is 52.6. The quantitative estimate of drug-likeness (QED) is 0.466. The molecule has 1 saturated carbocycles. The monoisotopic (exact) mass is 451 g/mol. The normalized spacial score (nSPS) is 23.9. The summed E-state index contributed by atoms with van der Waals surface area (Å²) in [5.41, 5.74) is 1.62. The van der Waals surface area contributed by atoms with Crippen molar-refractivity contribution in [2.45, 2.75) is 65.0 Å². The Balaban J connectivity index is 1.44. The number of carbonyl (C=O) groups is 4. The van der Waals surface area contributed by atoms with Gasteiger partial charge in [0.05, 0.1) is 17.9 Å². The maximum absolute atomic E-state index is 13.3. The van der Waals surface area contributed by atoms with Gasteiger partial charge in [-0.1, -0.05) is 38.1 Å². The van der Waals surface area contributed by atoms with Crippen molar-refractivity contribution in [3.63, 3.8) is 0 Å². The number of nitrogens with zero attached hydrogens (tertiary/aromatic N) is 1. The average Bonchev–Trinajstić information content (AvgIpc) is 3.61. The molecule has 2 fully saturated rings. The van der Waals surface area contributed by atoms with Gasteiger partial charge in [-0.2, -0.15) is 0 Å². The summed E-state index contributed by atoms with van der Waals surface area (Å²) in [7, 11) is 0. The van der Waals surface area contributed by atoms with Crippen LogP contribution in [-0.4, -0.2) is 34.6 Å². The molecule has 3 aliphatic rings. The van der Waals surface area contributed by atoms with Crippen LogP contribution < -0.4 is 10.6 Å². The minimum atomic E-state index is -0.810. The van der Waals surface area contributed by atoms with Crippen LogP contribution in [0.4, 0.5) is 5.69 Å². The fourth-order valence-corrected chi connectivity index (χ4v) is 4.75. The molecule has 7 heteroatoms. The van der Waals surface area contributed by atoms with Crippen LogP contribution in [0.25, 0.3) is 0 Å². The number of hydrogen-bond acceptors (Lipinski definition) is 4. The molecule has 0 aromatic heterocycles. The van der Waals surface area contributed by atoms with Crippen molar-refractivity contribution in [3.05, 3.63) is 42.0 Å². The van der Waals surface area contributed by atoms with Crippen LogP contribution in [0.15, 0.2) is 36.4 Å². The van der Waals surface area contributed by atoms with Crippen LogP contribution in [0.3, 0.4) is 0 Å². The molecule has 176 valence electrons. The minimum Gasteiger partial charge on any atom is -0.348 e. The first-order valence-corrected chi connectivity index (χ1v) is 12.0. The van der Waals surface area contributed by atoms with E-state index < -0.39 is 6.04 Å².